The van der Waals surface area contributed by atoms with E-state index in [0.717, 1.165) is 37.8 Å². The van der Waals surface area contributed by atoms with Crippen molar-refractivity contribution in [3.63, 3.8) is 0 Å². The monoisotopic (exact) mass is 291 g/mol. The van der Waals surface area contributed by atoms with E-state index in [1.165, 1.54) is 0 Å². The van der Waals surface area contributed by atoms with E-state index in [2.05, 4.69) is 13.0 Å². The molecule has 0 bridgehead atoms. The SMILES string of the molecule is CCOC(=O)N1CCCCC(CC)(c2cccc(O)c2)C1. The normalized spacial score (nSPS) is 22.7. The number of amides is 1. The lowest BCUT2D eigenvalue weighted by Gasteiger charge is -2.36. The van der Waals surface area contributed by atoms with Crippen molar-refractivity contribution in [1.29, 1.82) is 0 Å². The van der Waals surface area contributed by atoms with Crippen LogP contribution in [0.4, 0.5) is 4.79 Å². The molecule has 0 saturated carbocycles. The molecule has 4 nitrogen and oxygen atoms in total. The van der Waals surface area contributed by atoms with Gasteiger partial charge in [-0.15, -0.1) is 0 Å². The number of carbonyl (C=O) groups is 1. The quantitative estimate of drug-likeness (QED) is 0.924. The number of carbonyl (C=O) groups excluding carboxylic acids is 1. The smallest absolute Gasteiger partial charge is 0.409 e. The molecule has 116 valence electrons. The molecular weight excluding hydrogens is 266 g/mol. The topological polar surface area (TPSA) is 49.8 Å². The molecule has 21 heavy (non-hydrogen) atoms. The molecule has 1 saturated heterocycles. The van der Waals surface area contributed by atoms with Crippen molar-refractivity contribution < 1.29 is 14.6 Å². The third kappa shape index (κ3) is 3.49. The Balaban J connectivity index is 2.29. The first-order chi connectivity index (χ1) is 10.1. The summed E-state index contributed by atoms with van der Waals surface area (Å²) in [6.45, 7) is 5.79. The van der Waals surface area contributed by atoms with Crippen LogP contribution in [0.2, 0.25) is 0 Å². The average Bonchev–Trinajstić information content (AvgIpc) is 2.71. The Hall–Kier alpha value is -1.71. The molecule has 1 aliphatic rings. The Morgan fingerprint density at radius 1 is 1.38 bits per heavy atom. The second-order valence-electron chi connectivity index (χ2n) is 5.76. The lowest BCUT2D eigenvalue weighted by Crippen LogP contribution is -2.42. The minimum absolute atomic E-state index is 0.0952. The molecule has 0 aromatic heterocycles. The van der Waals surface area contributed by atoms with Gasteiger partial charge in [0, 0.05) is 18.5 Å². The predicted molar refractivity (Wildman–Crippen MR) is 82.5 cm³/mol. The summed E-state index contributed by atoms with van der Waals surface area (Å²) in [7, 11) is 0. The van der Waals surface area contributed by atoms with Crippen LogP contribution < -0.4 is 0 Å². The molecule has 1 N–H and O–H groups in total. The zero-order chi connectivity index (χ0) is 15.3. The van der Waals surface area contributed by atoms with E-state index in [-0.39, 0.29) is 17.3 Å². The largest absolute Gasteiger partial charge is 0.508 e. The molecule has 1 aliphatic heterocycles. The second kappa shape index (κ2) is 6.83. The number of benzene rings is 1. The van der Waals surface area contributed by atoms with Crippen LogP contribution in [0.3, 0.4) is 0 Å². The number of aromatic hydroxyl groups is 1. The molecule has 0 radical (unpaired) electrons. The molecule has 2 rings (SSSR count). The van der Waals surface area contributed by atoms with Gasteiger partial charge in [-0.1, -0.05) is 25.5 Å². The van der Waals surface area contributed by atoms with E-state index in [4.69, 9.17) is 4.74 Å². The van der Waals surface area contributed by atoms with Crippen molar-refractivity contribution in [3.05, 3.63) is 29.8 Å². The maximum absolute atomic E-state index is 12.1. The summed E-state index contributed by atoms with van der Waals surface area (Å²) >= 11 is 0. The summed E-state index contributed by atoms with van der Waals surface area (Å²) in [6, 6.07) is 7.45. The summed E-state index contributed by atoms with van der Waals surface area (Å²) in [5, 5.41) is 9.78. The van der Waals surface area contributed by atoms with Gasteiger partial charge >= 0.3 is 6.09 Å². The Labute approximate surface area is 126 Å². The van der Waals surface area contributed by atoms with Gasteiger partial charge in [0.1, 0.15) is 5.75 Å². The van der Waals surface area contributed by atoms with Crippen LogP contribution in [0.15, 0.2) is 24.3 Å². The highest BCUT2D eigenvalue weighted by Crippen LogP contribution is 2.37. The molecule has 1 atom stereocenters. The van der Waals surface area contributed by atoms with Crippen LogP contribution in [0.5, 0.6) is 5.75 Å². The van der Waals surface area contributed by atoms with Crippen LogP contribution in [-0.4, -0.2) is 35.8 Å². The number of nitrogens with zero attached hydrogens (tertiary/aromatic N) is 1. The third-order valence-electron chi connectivity index (χ3n) is 4.49. The highest BCUT2D eigenvalue weighted by molar-refractivity contribution is 5.68. The molecule has 1 heterocycles. The van der Waals surface area contributed by atoms with E-state index in [9.17, 15) is 9.90 Å². The number of likely N-dealkylation sites (tertiary alicyclic amines) is 1. The second-order valence-corrected chi connectivity index (χ2v) is 5.76. The van der Waals surface area contributed by atoms with E-state index in [0.29, 0.717) is 13.2 Å². The van der Waals surface area contributed by atoms with Crippen molar-refractivity contribution >= 4 is 6.09 Å². The summed E-state index contributed by atoms with van der Waals surface area (Å²) in [6.07, 6.45) is 3.82. The number of hydrogen-bond acceptors (Lipinski definition) is 3. The zero-order valence-corrected chi connectivity index (χ0v) is 13.0. The highest BCUT2D eigenvalue weighted by Gasteiger charge is 2.36. The molecule has 1 aromatic rings. The fraction of sp³-hybridized carbons (Fsp3) is 0.588. The van der Waals surface area contributed by atoms with E-state index >= 15 is 0 Å². The first-order valence-electron chi connectivity index (χ1n) is 7.82. The van der Waals surface area contributed by atoms with Crippen molar-refractivity contribution in [3.8, 4) is 5.75 Å². The highest BCUT2D eigenvalue weighted by atomic mass is 16.6. The molecule has 0 spiro atoms. The fourth-order valence-electron chi connectivity index (χ4n) is 3.22. The number of ether oxygens (including phenoxy) is 1. The molecule has 0 aliphatic carbocycles. The van der Waals surface area contributed by atoms with Crippen LogP contribution in [0.25, 0.3) is 0 Å². The minimum Gasteiger partial charge on any atom is -0.508 e. The van der Waals surface area contributed by atoms with Crippen molar-refractivity contribution in [2.75, 3.05) is 19.7 Å². The molecule has 1 fully saturated rings. The fourth-order valence-corrected chi connectivity index (χ4v) is 3.22. The summed E-state index contributed by atoms with van der Waals surface area (Å²) < 4.78 is 5.17. The Morgan fingerprint density at radius 3 is 2.86 bits per heavy atom. The molecule has 4 heteroatoms. The van der Waals surface area contributed by atoms with Crippen LogP contribution in [0, 0.1) is 0 Å². The van der Waals surface area contributed by atoms with Gasteiger partial charge in [0.25, 0.3) is 0 Å². The van der Waals surface area contributed by atoms with Crippen LogP contribution in [-0.2, 0) is 10.2 Å². The van der Waals surface area contributed by atoms with E-state index < -0.39 is 0 Å². The van der Waals surface area contributed by atoms with E-state index in [1.54, 1.807) is 6.07 Å². The Bertz CT molecular complexity index is 489. The lowest BCUT2D eigenvalue weighted by atomic mass is 9.74. The molecule has 1 unspecified atom stereocenters. The van der Waals surface area contributed by atoms with Gasteiger partial charge in [0.2, 0.25) is 0 Å². The van der Waals surface area contributed by atoms with Gasteiger partial charge in [0.15, 0.2) is 0 Å². The minimum atomic E-state index is -0.225. The summed E-state index contributed by atoms with van der Waals surface area (Å²) in [5.74, 6) is 0.284. The summed E-state index contributed by atoms with van der Waals surface area (Å²) in [5.41, 5.74) is 1.02. The average molecular weight is 291 g/mol. The van der Waals surface area contributed by atoms with Crippen molar-refractivity contribution in [1.82, 2.24) is 4.90 Å². The number of hydrogen-bond donors (Lipinski definition) is 1. The first kappa shape index (κ1) is 15.7. The number of phenols is 1. The first-order valence-corrected chi connectivity index (χ1v) is 7.82. The molecule has 1 amide bonds. The number of phenolic OH excluding ortho intramolecular Hbond substituents is 1. The molecular formula is C17H25NO3. The van der Waals surface area contributed by atoms with Gasteiger partial charge in [-0.3, -0.25) is 0 Å². The van der Waals surface area contributed by atoms with Gasteiger partial charge < -0.3 is 14.7 Å². The van der Waals surface area contributed by atoms with Crippen LogP contribution in [0.1, 0.15) is 45.1 Å². The lowest BCUT2D eigenvalue weighted by molar-refractivity contribution is 0.0996. The standard InChI is InChI=1S/C17H25NO3/c1-3-17(14-8-7-9-15(19)12-14)10-5-6-11-18(13-17)16(20)21-4-2/h7-9,12,19H,3-6,10-11,13H2,1-2H3. The van der Waals surface area contributed by atoms with Gasteiger partial charge in [-0.25, -0.2) is 4.79 Å². The van der Waals surface area contributed by atoms with E-state index in [1.807, 2.05) is 24.0 Å². The van der Waals surface area contributed by atoms with Gasteiger partial charge in [0.05, 0.1) is 6.61 Å². The Kier molecular flexibility index (Phi) is 5.10. The maximum atomic E-state index is 12.1. The number of rotatable bonds is 3. The van der Waals surface area contributed by atoms with Crippen molar-refractivity contribution in [2.45, 2.75) is 44.9 Å². The maximum Gasteiger partial charge on any atom is 0.409 e. The molecule has 1 aromatic carbocycles. The van der Waals surface area contributed by atoms with Gasteiger partial charge in [-0.2, -0.15) is 0 Å². The van der Waals surface area contributed by atoms with Crippen molar-refractivity contribution in [2.24, 2.45) is 0 Å². The third-order valence-corrected chi connectivity index (χ3v) is 4.49. The summed E-state index contributed by atoms with van der Waals surface area (Å²) in [4.78, 5) is 13.9. The zero-order valence-electron chi connectivity index (χ0n) is 13.0. The predicted octanol–water partition coefficient (Wildman–Crippen LogP) is 3.68. The van der Waals surface area contributed by atoms with Crippen LogP contribution >= 0.6 is 0 Å². The van der Waals surface area contributed by atoms with Gasteiger partial charge in [-0.05, 0) is 43.9 Å². The Morgan fingerprint density at radius 2 is 2.19 bits per heavy atom.